The largest absolute Gasteiger partial charge is 0.395 e. The minimum absolute atomic E-state index is 0.0219. The van der Waals surface area contributed by atoms with Crippen molar-refractivity contribution in [2.24, 2.45) is 10.9 Å². The molecule has 0 amide bonds. The van der Waals surface area contributed by atoms with Gasteiger partial charge in [0.05, 0.1) is 5.69 Å². The molecule has 1 aliphatic heterocycles. The highest BCUT2D eigenvalue weighted by Gasteiger charge is 2.11. The fourth-order valence-electron chi connectivity index (χ4n) is 1.21. The van der Waals surface area contributed by atoms with E-state index in [-0.39, 0.29) is 5.84 Å². The molecule has 0 bridgehead atoms. The van der Waals surface area contributed by atoms with Crippen molar-refractivity contribution in [2.45, 2.75) is 6.42 Å². The smallest absolute Gasteiger partial charge is 0.124 e. The Morgan fingerprint density at radius 2 is 2.36 bits per heavy atom. The number of nitrogens with two attached hydrogens (primary N) is 1. The molecule has 1 aromatic rings. The SMILES string of the molecule is N=C(N)c1ccc(C2=NOCC2)nc1. The van der Waals surface area contributed by atoms with Crippen molar-refractivity contribution in [2.75, 3.05) is 6.61 Å². The number of hydrogen-bond donors (Lipinski definition) is 2. The van der Waals surface area contributed by atoms with E-state index in [0.29, 0.717) is 12.2 Å². The van der Waals surface area contributed by atoms with Crippen LogP contribution < -0.4 is 5.73 Å². The second kappa shape index (κ2) is 3.45. The van der Waals surface area contributed by atoms with Gasteiger partial charge in [-0.25, -0.2) is 0 Å². The van der Waals surface area contributed by atoms with Crippen LogP contribution in [0.15, 0.2) is 23.5 Å². The number of nitrogens with one attached hydrogen (secondary N) is 1. The number of nitrogens with zero attached hydrogens (tertiary/aromatic N) is 2. The van der Waals surface area contributed by atoms with Gasteiger partial charge < -0.3 is 10.6 Å². The van der Waals surface area contributed by atoms with Gasteiger partial charge in [-0.15, -0.1) is 0 Å². The molecule has 3 N–H and O–H groups in total. The normalized spacial score (nSPS) is 14.7. The Morgan fingerprint density at radius 3 is 2.86 bits per heavy atom. The number of hydrogen-bond acceptors (Lipinski definition) is 4. The first-order valence-corrected chi connectivity index (χ1v) is 4.27. The lowest BCUT2D eigenvalue weighted by atomic mass is 10.1. The molecule has 0 unspecified atom stereocenters. The first-order valence-electron chi connectivity index (χ1n) is 4.27. The van der Waals surface area contributed by atoms with Crippen LogP contribution in [-0.2, 0) is 4.84 Å². The number of amidine groups is 1. The first-order chi connectivity index (χ1) is 6.77. The molecular formula is C9H10N4O. The highest BCUT2D eigenvalue weighted by atomic mass is 16.6. The zero-order valence-corrected chi connectivity index (χ0v) is 7.53. The molecule has 2 rings (SSSR count). The standard InChI is InChI=1S/C9H10N4O/c10-9(11)6-1-2-7(12-5-6)8-3-4-14-13-8/h1-2,5H,3-4H2,(H3,10,11). The van der Waals surface area contributed by atoms with Gasteiger partial charge in [-0.05, 0) is 12.1 Å². The molecule has 0 aromatic carbocycles. The number of aromatic nitrogens is 1. The van der Waals surface area contributed by atoms with Crippen molar-refractivity contribution in [1.82, 2.24) is 4.98 Å². The molecule has 5 heteroatoms. The molecule has 1 aromatic heterocycles. The Balaban J connectivity index is 2.25. The van der Waals surface area contributed by atoms with Crippen LogP contribution in [0.1, 0.15) is 17.7 Å². The van der Waals surface area contributed by atoms with Crippen LogP contribution in [0.5, 0.6) is 0 Å². The predicted octanol–water partition coefficient (Wildman–Crippen LogP) is 0.490. The summed E-state index contributed by atoms with van der Waals surface area (Å²) in [6.45, 7) is 0.617. The molecule has 0 saturated carbocycles. The molecule has 0 spiro atoms. The van der Waals surface area contributed by atoms with Crippen molar-refractivity contribution >= 4 is 11.5 Å². The number of nitrogen functional groups attached to an aromatic ring is 1. The van der Waals surface area contributed by atoms with Gasteiger partial charge >= 0.3 is 0 Å². The molecule has 72 valence electrons. The molecule has 0 saturated heterocycles. The van der Waals surface area contributed by atoms with Gasteiger partial charge in [0.2, 0.25) is 0 Å². The molecule has 2 heterocycles. The minimum Gasteiger partial charge on any atom is -0.395 e. The molecule has 0 radical (unpaired) electrons. The average Bonchev–Trinajstić information content (AvgIpc) is 2.71. The predicted molar refractivity (Wildman–Crippen MR) is 52.4 cm³/mol. The average molecular weight is 190 g/mol. The van der Waals surface area contributed by atoms with Gasteiger partial charge in [0.25, 0.3) is 0 Å². The van der Waals surface area contributed by atoms with Crippen LogP contribution in [0.3, 0.4) is 0 Å². The Hall–Kier alpha value is -1.91. The van der Waals surface area contributed by atoms with E-state index in [0.717, 1.165) is 17.8 Å². The maximum absolute atomic E-state index is 7.20. The summed E-state index contributed by atoms with van der Waals surface area (Å²) in [4.78, 5) is 9.02. The number of pyridine rings is 1. The third-order valence-electron chi connectivity index (χ3n) is 1.98. The summed E-state index contributed by atoms with van der Waals surface area (Å²) in [7, 11) is 0. The van der Waals surface area contributed by atoms with Crippen LogP contribution >= 0.6 is 0 Å². The summed E-state index contributed by atoms with van der Waals surface area (Å²) in [6.07, 6.45) is 2.35. The van der Waals surface area contributed by atoms with Crippen LogP contribution in [0.25, 0.3) is 0 Å². The quantitative estimate of drug-likeness (QED) is 0.525. The van der Waals surface area contributed by atoms with Crippen molar-refractivity contribution in [3.05, 3.63) is 29.6 Å². The molecule has 1 aliphatic rings. The molecule has 14 heavy (non-hydrogen) atoms. The monoisotopic (exact) mass is 190 g/mol. The van der Waals surface area contributed by atoms with Gasteiger partial charge in [0, 0.05) is 18.2 Å². The van der Waals surface area contributed by atoms with E-state index < -0.39 is 0 Å². The van der Waals surface area contributed by atoms with Crippen LogP contribution in [0.2, 0.25) is 0 Å². The van der Waals surface area contributed by atoms with E-state index in [4.69, 9.17) is 16.0 Å². The van der Waals surface area contributed by atoms with Crippen LogP contribution in [0.4, 0.5) is 0 Å². The molecular weight excluding hydrogens is 180 g/mol. The van der Waals surface area contributed by atoms with E-state index in [1.807, 2.05) is 0 Å². The lowest BCUT2D eigenvalue weighted by Gasteiger charge is -1.99. The van der Waals surface area contributed by atoms with Crippen LogP contribution in [0, 0.1) is 5.41 Å². The summed E-state index contributed by atoms with van der Waals surface area (Å²) in [5, 5.41) is 11.0. The maximum atomic E-state index is 7.20. The van der Waals surface area contributed by atoms with Gasteiger partial charge in [0.15, 0.2) is 0 Å². The number of rotatable bonds is 2. The highest BCUT2D eigenvalue weighted by Crippen LogP contribution is 2.08. The van der Waals surface area contributed by atoms with Crippen molar-refractivity contribution in [3.63, 3.8) is 0 Å². The topological polar surface area (TPSA) is 84.4 Å². The third-order valence-corrected chi connectivity index (χ3v) is 1.98. The summed E-state index contributed by atoms with van der Waals surface area (Å²) in [5.74, 6) is 0.0219. The van der Waals surface area contributed by atoms with Gasteiger partial charge in [0.1, 0.15) is 18.2 Å². The molecule has 0 aliphatic carbocycles. The zero-order chi connectivity index (χ0) is 9.97. The van der Waals surface area contributed by atoms with Gasteiger partial charge in [-0.2, -0.15) is 0 Å². The molecule has 0 atom stereocenters. The Morgan fingerprint density at radius 1 is 1.50 bits per heavy atom. The van der Waals surface area contributed by atoms with E-state index in [9.17, 15) is 0 Å². The number of oxime groups is 1. The summed E-state index contributed by atoms with van der Waals surface area (Å²) in [5.41, 5.74) is 7.56. The Bertz CT molecular complexity index is 382. The highest BCUT2D eigenvalue weighted by molar-refractivity contribution is 6.00. The van der Waals surface area contributed by atoms with Crippen LogP contribution in [-0.4, -0.2) is 23.1 Å². The third kappa shape index (κ3) is 1.56. The molecule has 0 fully saturated rings. The lowest BCUT2D eigenvalue weighted by Crippen LogP contribution is -2.12. The fourth-order valence-corrected chi connectivity index (χ4v) is 1.21. The fraction of sp³-hybridized carbons (Fsp3) is 0.222. The summed E-state index contributed by atoms with van der Waals surface area (Å²) >= 11 is 0. The lowest BCUT2D eigenvalue weighted by molar-refractivity contribution is 0.174. The summed E-state index contributed by atoms with van der Waals surface area (Å²) < 4.78 is 0. The van der Waals surface area contributed by atoms with Crippen molar-refractivity contribution < 1.29 is 4.84 Å². The Kier molecular flexibility index (Phi) is 2.14. The molecule has 5 nitrogen and oxygen atoms in total. The second-order valence-electron chi connectivity index (χ2n) is 2.97. The van der Waals surface area contributed by atoms with Crippen molar-refractivity contribution in [3.8, 4) is 0 Å². The Labute approximate surface area is 81.1 Å². The first kappa shape index (κ1) is 8.68. The maximum Gasteiger partial charge on any atom is 0.124 e. The van der Waals surface area contributed by atoms with E-state index in [2.05, 4.69) is 10.1 Å². The second-order valence-corrected chi connectivity index (χ2v) is 2.97. The zero-order valence-electron chi connectivity index (χ0n) is 7.53. The van der Waals surface area contributed by atoms with E-state index >= 15 is 0 Å². The minimum atomic E-state index is 0.0219. The van der Waals surface area contributed by atoms with Gasteiger partial charge in [-0.1, -0.05) is 5.16 Å². The summed E-state index contributed by atoms with van der Waals surface area (Å²) in [6, 6.07) is 3.55. The van der Waals surface area contributed by atoms with E-state index in [1.54, 1.807) is 18.3 Å². The van der Waals surface area contributed by atoms with Gasteiger partial charge in [-0.3, -0.25) is 10.4 Å². The van der Waals surface area contributed by atoms with E-state index in [1.165, 1.54) is 0 Å². The van der Waals surface area contributed by atoms with Crippen molar-refractivity contribution in [1.29, 1.82) is 5.41 Å².